The van der Waals surface area contributed by atoms with Gasteiger partial charge in [-0.2, -0.15) is 4.31 Å². The fourth-order valence-corrected chi connectivity index (χ4v) is 5.24. The SMILES string of the molecule is CC(C)C(NC(=O)c1ccc(S(=O)(=O)N2CCOCC2)cc1)c1ccc2c(c1)OCCO2. The number of fused-ring (bicyclic) bond motifs is 1. The van der Waals surface area contributed by atoms with E-state index >= 15 is 0 Å². The van der Waals surface area contributed by atoms with Gasteiger partial charge in [-0.15, -0.1) is 0 Å². The molecule has 2 heterocycles. The molecule has 1 unspecified atom stereocenters. The van der Waals surface area contributed by atoms with E-state index in [1.54, 1.807) is 12.1 Å². The zero-order valence-corrected chi connectivity index (χ0v) is 19.1. The van der Waals surface area contributed by atoms with Crippen LogP contribution in [-0.4, -0.2) is 58.1 Å². The summed E-state index contributed by atoms with van der Waals surface area (Å²) in [6.07, 6.45) is 0. The first-order valence-corrected chi connectivity index (χ1v) is 12.2. The van der Waals surface area contributed by atoms with E-state index < -0.39 is 10.0 Å². The molecule has 0 aliphatic carbocycles. The second kappa shape index (κ2) is 9.48. The van der Waals surface area contributed by atoms with Crippen molar-refractivity contribution in [2.24, 2.45) is 5.92 Å². The zero-order valence-electron chi connectivity index (χ0n) is 18.2. The van der Waals surface area contributed by atoms with Gasteiger partial charge >= 0.3 is 0 Å². The van der Waals surface area contributed by atoms with Crippen LogP contribution < -0.4 is 14.8 Å². The molecule has 2 aromatic rings. The van der Waals surface area contributed by atoms with E-state index in [9.17, 15) is 13.2 Å². The summed E-state index contributed by atoms with van der Waals surface area (Å²) in [5.74, 6) is 1.23. The molecule has 8 nitrogen and oxygen atoms in total. The summed E-state index contributed by atoms with van der Waals surface area (Å²) in [6, 6.07) is 11.5. The van der Waals surface area contributed by atoms with Crippen LogP contribution >= 0.6 is 0 Å². The summed E-state index contributed by atoms with van der Waals surface area (Å²) < 4.78 is 43.5. The van der Waals surface area contributed by atoms with Crippen LogP contribution in [-0.2, 0) is 14.8 Å². The zero-order chi connectivity index (χ0) is 22.7. The van der Waals surface area contributed by atoms with Crippen LogP contribution in [0.1, 0.15) is 35.8 Å². The van der Waals surface area contributed by atoms with E-state index in [1.807, 2.05) is 32.0 Å². The normalized spacial score (nSPS) is 17.7. The number of nitrogens with zero attached hydrogens (tertiary/aromatic N) is 1. The molecule has 9 heteroatoms. The Morgan fingerprint density at radius 1 is 0.938 bits per heavy atom. The second-order valence-electron chi connectivity index (χ2n) is 8.14. The molecule has 2 aliphatic rings. The molecule has 172 valence electrons. The largest absolute Gasteiger partial charge is 0.486 e. The van der Waals surface area contributed by atoms with Crippen LogP contribution in [0.25, 0.3) is 0 Å². The number of hydrogen-bond acceptors (Lipinski definition) is 6. The number of morpholine rings is 1. The number of sulfonamides is 1. The maximum Gasteiger partial charge on any atom is 0.251 e. The lowest BCUT2D eigenvalue weighted by molar-refractivity contribution is 0.0730. The van der Waals surface area contributed by atoms with Gasteiger partial charge in [0.2, 0.25) is 10.0 Å². The number of rotatable bonds is 6. The van der Waals surface area contributed by atoms with E-state index in [0.29, 0.717) is 56.6 Å². The van der Waals surface area contributed by atoms with Crippen molar-refractivity contribution in [2.45, 2.75) is 24.8 Å². The highest BCUT2D eigenvalue weighted by atomic mass is 32.2. The molecule has 1 amide bonds. The van der Waals surface area contributed by atoms with E-state index in [4.69, 9.17) is 14.2 Å². The minimum Gasteiger partial charge on any atom is -0.486 e. The van der Waals surface area contributed by atoms with Crippen LogP contribution in [0.2, 0.25) is 0 Å². The smallest absolute Gasteiger partial charge is 0.251 e. The van der Waals surface area contributed by atoms with Gasteiger partial charge in [0.15, 0.2) is 11.5 Å². The third-order valence-electron chi connectivity index (χ3n) is 5.60. The van der Waals surface area contributed by atoms with Gasteiger partial charge in [0.1, 0.15) is 13.2 Å². The Balaban J connectivity index is 1.49. The molecule has 0 bridgehead atoms. The third kappa shape index (κ3) is 4.74. The van der Waals surface area contributed by atoms with Gasteiger partial charge in [-0.3, -0.25) is 4.79 Å². The van der Waals surface area contributed by atoms with Crippen molar-refractivity contribution in [1.82, 2.24) is 9.62 Å². The highest BCUT2D eigenvalue weighted by Gasteiger charge is 2.27. The summed E-state index contributed by atoms with van der Waals surface area (Å²) in [4.78, 5) is 13.1. The first kappa shape index (κ1) is 22.6. The highest BCUT2D eigenvalue weighted by molar-refractivity contribution is 7.89. The molecule has 1 N–H and O–H groups in total. The molecule has 0 spiro atoms. The number of carbonyl (C=O) groups is 1. The van der Waals surface area contributed by atoms with Crippen molar-refractivity contribution in [3.8, 4) is 11.5 Å². The molecular weight excluding hydrogens is 432 g/mol. The van der Waals surface area contributed by atoms with Crippen LogP contribution in [0.3, 0.4) is 0 Å². The van der Waals surface area contributed by atoms with Crippen molar-refractivity contribution < 1.29 is 27.4 Å². The first-order valence-electron chi connectivity index (χ1n) is 10.7. The Labute approximate surface area is 188 Å². The van der Waals surface area contributed by atoms with Crippen molar-refractivity contribution in [1.29, 1.82) is 0 Å². The molecule has 1 atom stereocenters. The lowest BCUT2D eigenvalue weighted by Crippen LogP contribution is -2.40. The topological polar surface area (TPSA) is 94.2 Å². The van der Waals surface area contributed by atoms with Crippen LogP contribution in [0.4, 0.5) is 0 Å². The Kier molecular flexibility index (Phi) is 6.68. The summed E-state index contributed by atoms with van der Waals surface area (Å²) in [7, 11) is -3.60. The lowest BCUT2D eigenvalue weighted by Gasteiger charge is -2.26. The minimum atomic E-state index is -3.60. The van der Waals surface area contributed by atoms with Gasteiger partial charge in [-0.05, 0) is 47.9 Å². The highest BCUT2D eigenvalue weighted by Crippen LogP contribution is 2.34. The predicted molar refractivity (Wildman–Crippen MR) is 118 cm³/mol. The Morgan fingerprint density at radius 2 is 1.59 bits per heavy atom. The maximum atomic E-state index is 12.9. The number of carbonyl (C=O) groups excluding carboxylic acids is 1. The van der Waals surface area contributed by atoms with Crippen molar-refractivity contribution >= 4 is 15.9 Å². The van der Waals surface area contributed by atoms with E-state index in [-0.39, 0.29) is 22.8 Å². The van der Waals surface area contributed by atoms with Crippen molar-refractivity contribution in [2.75, 3.05) is 39.5 Å². The van der Waals surface area contributed by atoms with Crippen molar-refractivity contribution in [3.05, 3.63) is 53.6 Å². The Bertz CT molecular complexity index is 1060. The molecule has 32 heavy (non-hydrogen) atoms. The summed E-state index contributed by atoms with van der Waals surface area (Å²) in [6.45, 7) is 6.50. The molecule has 1 saturated heterocycles. The van der Waals surface area contributed by atoms with Crippen LogP contribution in [0.15, 0.2) is 47.4 Å². The molecule has 0 aromatic heterocycles. The molecular formula is C23H28N2O6S. The van der Waals surface area contributed by atoms with Crippen LogP contribution in [0, 0.1) is 5.92 Å². The number of hydrogen-bond donors (Lipinski definition) is 1. The summed E-state index contributed by atoms with van der Waals surface area (Å²) >= 11 is 0. The third-order valence-corrected chi connectivity index (χ3v) is 7.52. The average molecular weight is 461 g/mol. The molecule has 1 fully saturated rings. The van der Waals surface area contributed by atoms with E-state index in [0.717, 1.165) is 5.56 Å². The fourth-order valence-electron chi connectivity index (χ4n) is 3.83. The van der Waals surface area contributed by atoms with Crippen molar-refractivity contribution in [3.63, 3.8) is 0 Å². The number of ether oxygens (including phenoxy) is 3. The molecule has 2 aromatic carbocycles. The minimum absolute atomic E-state index is 0.127. The fraction of sp³-hybridized carbons (Fsp3) is 0.435. The van der Waals surface area contributed by atoms with Gasteiger partial charge in [0.05, 0.1) is 24.2 Å². The first-order chi connectivity index (χ1) is 15.4. The van der Waals surface area contributed by atoms with E-state index in [1.165, 1.54) is 16.4 Å². The molecule has 0 saturated carbocycles. The average Bonchev–Trinajstić information content (AvgIpc) is 2.82. The molecule has 0 radical (unpaired) electrons. The number of benzene rings is 2. The monoisotopic (exact) mass is 460 g/mol. The predicted octanol–water partition coefficient (Wildman–Crippen LogP) is 2.61. The van der Waals surface area contributed by atoms with Gasteiger partial charge in [-0.1, -0.05) is 19.9 Å². The van der Waals surface area contributed by atoms with E-state index in [2.05, 4.69) is 5.32 Å². The number of amides is 1. The molecule has 2 aliphatic heterocycles. The number of nitrogens with one attached hydrogen (secondary N) is 1. The summed E-state index contributed by atoms with van der Waals surface area (Å²) in [5.41, 5.74) is 1.32. The Hall–Kier alpha value is -2.62. The van der Waals surface area contributed by atoms with Gasteiger partial charge in [0, 0.05) is 18.7 Å². The molecule has 4 rings (SSSR count). The summed E-state index contributed by atoms with van der Waals surface area (Å²) in [5, 5.41) is 3.07. The van der Waals surface area contributed by atoms with Crippen LogP contribution in [0.5, 0.6) is 11.5 Å². The van der Waals surface area contributed by atoms with Gasteiger partial charge < -0.3 is 19.5 Å². The van der Waals surface area contributed by atoms with Gasteiger partial charge in [0.25, 0.3) is 5.91 Å². The maximum absolute atomic E-state index is 12.9. The second-order valence-corrected chi connectivity index (χ2v) is 10.1. The Morgan fingerprint density at radius 3 is 2.25 bits per heavy atom. The standard InChI is InChI=1S/C23H28N2O6S/c1-16(2)22(18-5-8-20-21(15-18)31-14-13-30-20)24-23(26)17-3-6-19(7-4-17)32(27,28)25-9-11-29-12-10-25/h3-8,15-16,22H,9-14H2,1-2H3,(H,24,26). The van der Waals surface area contributed by atoms with Gasteiger partial charge in [-0.25, -0.2) is 8.42 Å². The quantitative estimate of drug-likeness (QED) is 0.712. The lowest BCUT2D eigenvalue weighted by atomic mass is 9.95.